The number of rotatable bonds is 2. The van der Waals surface area contributed by atoms with Crippen molar-refractivity contribution in [3.05, 3.63) is 24.0 Å². The molecule has 4 nitrogen and oxygen atoms in total. The van der Waals surface area contributed by atoms with Crippen LogP contribution in [0, 0.1) is 0 Å². The smallest absolute Gasteiger partial charge is 0.543 e. The van der Waals surface area contributed by atoms with Crippen molar-refractivity contribution < 1.29 is 79.2 Å². The summed E-state index contributed by atoms with van der Waals surface area (Å²) in [6.45, 7) is 0. The molecule has 0 saturated heterocycles. The third kappa shape index (κ3) is 5.47. The first-order valence-corrected chi connectivity index (χ1v) is 3.31. The molecule has 0 unspecified atom stereocenters. The number of pyridine rings is 1. The van der Waals surface area contributed by atoms with Gasteiger partial charge in [-0.25, -0.2) is 0 Å². The number of carboxylic acid groups (broad SMARTS) is 1. The van der Waals surface area contributed by atoms with Crippen LogP contribution in [0.1, 0.15) is 10.5 Å². The van der Waals surface area contributed by atoms with Crippen LogP contribution in [0.3, 0.4) is 0 Å². The Kier molecular flexibility index (Phi) is 5.74. The number of hydrogen-bond donors (Lipinski definition) is 0. The maximum atomic E-state index is 11.6. The van der Waals surface area contributed by atoms with Crippen LogP contribution in [-0.2, 0) is 0 Å². The molecule has 0 fully saturated rings. The molecule has 8 heteroatoms. The van der Waals surface area contributed by atoms with E-state index >= 15 is 0 Å². The van der Waals surface area contributed by atoms with Gasteiger partial charge in [0.05, 0.1) is 17.9 Å². The number of carboxylic acids is 1. The van der Waals surface area contributed by atoms with E-state index in [1.807, 2.05) is 0 Å². The number of alkyl halides is 3. The Balaban J connectivity index is 0.00000196. The first-order chi connectivity index (χ1) is 6.38. The molecule has 1 aromatic rings. The average Bonchev–Trinajstić information content (AvgIpc) is 2.02. The summed E-state index contributed by atoms with van der Waals surface area (Å²) in [6, 6.07) is 1.70. The normalized spacial score (nSPS) is 10.3. The minimum Gasteiger partial charge on any atom is -0.543 e. The van der Waals surface area contributed by atoms with E-state index in [9.17, 15) is 23.1 Å². The molecule has 0 aliphatic rings. The average molecular weight is 245 g/mol. The second-order valence-electron chi connectivity index (χ2n) is 2.21. The summed E-state index contributed by atoms with van der Waals surface area (Å²) in [6.07, 6.45) is -4.16. The monoisotopic (exact) mass is 245 g/mol. The molecule has 0 amide bonds. The number of halogens is 3. The van der Waals surface area contributed by atoms with E-state index in [0.29, 0.717) is 6.20 Å². The zero-order chi connectivity index (χ0) is 10.8. The van der Waals surface area contributed by atoms with Gasteiger partial charge in [0.15, 0.2) is 0 Å². The molecule has 15 heavy (non-hydrogen) atoms. The van der Waals surface area contributed by atoms with Crippen LogP contribution in [0.2, 0.25) is 0 Å². The number of ether oxygens (including phenoxy) is 1. The minimum atomic E-state index is -4.81. The Hall–Kier alpha value is -0.154. The molecule has 1 heterocycles. The molecule has 0 saturated carbocycles. The predicted octanol–water partition coefficient (Wildman–Crippen LogP) is -2.65. The SMILES string of the molecule is O=C([O-])c1ccc(OC(F)(F)F)cn1.[K+]. The summed E-state index contributed by atoms with van der Waals surface area (Å²) in [7, 11) is 0. The molecule has 0 aliphatic heterocycles. The molecule has 0 N–H and O–H groups in total. The molecule has 1 aromatic heterocycles. The molecule has 0 bridgehead atoms. The summed E-state index contributed by atoms with van der Waals surface area (Å²) >= 11 is 0. The minimum absolute atomic E-state index is 0. The van der Waals surface area contributed by atoms with Gasteiger partial charge in [-0.15, -0.1) is 13.2 Å². The number of hydrogen-bond acceptors (Lipinski definition) is 4. The van der Waals surface area contributed by atoms with Crippen LogP contribution in [0.5, 0.6) is 5.75 Å². The summed E-state index contributed by atoms with van der Waals surface area (Å²) < 4.78 is 38.3. The zero-order valence-electron chi connectivity index (χ0n) is 7.54. The van der Waals surface area contributed by atoms with E-state index in [1.54, 1.807) is 0 Å². The van der Waals surface area contributed by atoms with Gasteiger partial charge in [-0.05, 0) is 12.1 Å². The van der Waals surface area contributed by atoms with Crippen molar-refractivity contribution in [2.24, 2.45) is 0 Å². The maximum absolute atomic E-state index is 11.6. The quantitative estimate of drug-likeness (QED) is 0.534. The molecule has 0 radical (unpaired) electrons. The topological polar surface area (TPSA) is 62.2 Å². The van der Waals surface area contributed by atoms with Crippen LogP contribution in [0.25, 0.3) is 0 Å². The second-order valence-corrected chi connectivity index (χ2v) is 2.21. The van der Waals surface area contributed by atoms with E-state index in [1.165, 1.54) is 0 Å². The van der Waals surface area contributed by atoms with Crippen molar-refractivity contribution in [2.45, 2.75) is 6.36 Å². The van der Waals surface area contributed by atoms with Gasteiger partial charge in [0.25, 0.3) is 0 Å². The number of nitrogens with zero attached hydrogens (tertiary/aromatic N) is 1. The molecule has 0 spiro atoms. The van der Waals surface area contributed by atoms with Gasteiger partial charge in [-0.1, -0.05) is 0 Å². The molecular weight excluding hydrogens is 242 g/mol. The Morgan fingerprint density at radius 2 is 2.00 bits per heavy atom. The van der Waals surface area contributed by atoms with Crippen LogP contribution in [0.4, 0.5) is 13.2 Å². The molecule has 0 aliphatic carbocycles. The van der Waals surface area contributed by atoms with Crippen molar-refractivity contribution in [3.8, 4) is 5.75 Å². The number of aromatic nitrogens is 1. The van der Waals surface area contributed by atoms with E-state index in [0.717, 1.165) is 12.1 Å². The van der Waals surface area contributed by atoms with Gasteiger partial charge in [0.2, 0.25) is 0 Å². The number of aromatic carboxylic acids is 1. The third-order valence-corrected chi connectivity index (χ3v) is 1.18. The Morgan fingerprint density at radius 1 is 1.40 bits per heavy atom. The first-order valence-electron chi connectivity index (χ1n) is 3.31. The van der Waals surface area contributed by atoms with Gasteiger partial charge < -0.3 is 14.6 Å². The number of carbonyl (C=O) groups is 1. The molecular formula is C7H3F3KNO3. The van der Waals surface area contributed by atoms with Crippen LogP contribution >= 0.6 is 0 Å². The van der Waals surface area contributed by atoms with E-state index in [-0.39, 0.29) is 51.4 Å². The van der Waals surface area contributed by atoms with Crippen molar-refractivity contribution >= 4 is 5.97 Å². The van der Waals surface area contributed by atoms with Gasteiger partial charge in [0, 0.05) is 0 Å². The van der Waals surface area contributed by atoms with Crippen LogP contribution < -0.4 is 61.2 Å². The van der Waals surface area contributed by atoms with E-state index in [2.05, 4.69) is 9.72 Å². The summed E-state index contributed by atoms with van der Waals surface area (Å²) in [5.41, 5.74) is -0.459. The third-order valence-electron chi connectivity index (χ3n) is 1.18. The van der Waals surface area contributed by atoms with Crippen molar-refractivity contribution in [3.63, 3.8) is 0 Å². The summed E-state index contributed by atoms with van der Waals surface area (Å²) in [4.78, 5) is 13.3. The van der Waals surface area contributed by atoms with Crippen LogP contribution in [-0.4, -0.2) is 17.3 Å². The fraction of sp³-hybridized carbons (Fsp3) is 0.143. The maximum Gasteiger partial charge on any atom is 1.00 e. The zero-order valence-corrected chi connectivity index (χ0v) is 10.7. The second kappa shape index (κ2) is 5.80. The molecule has 0 atom stereocenters. The molecule has 0 aromatic carbocycles. The number of carbonyl (C=O) groups excluding carboxylic acids is 1. The summed E-state index contributed by atoms with van der Waals surface area (Å²) in [5, 5.41) is 10.2. The van der Waals surface area contributed by atoms with E-state index in [4.69, 9.17) is 0 Å². The fourth-order valence-electron chi connectivity index (χ4n) is 0.695. The Morgan fingerprint density at radius 3 is 2.33 bits per heavy atom. The predicted molar refractivity (Wildman–Crippen MR) is 35.3 cm³/mol. The Bertz CT molecular complexity index is 338. The fourth-order valence-corrected chi connectivity index (χ4v) is 0.695. The van der Waals surface area contributed by atoms with Gasteiger partial charge in [0.1, 0.15) is 5.75 Å². The van der Waals surface area contributed by atoms with Crippen molar-refractivity contribution in [1.29, 1.82) is 0 Å². The molecule has 1 rings (SSSR count). The molecule has 76 valence electrons. The van der Waals surface area contributed by atoms with Crippen LogP contribution in [0.15, 0.2) is 18.3 Å². The summed E-state index contributed by atoms with van der Waals surface area (Å²) in [5.74, 6) is -2.15. The largest absolute Gasteiger partial charge is 1.00 e. The standard InChI is InChI=1S/C7H4F3NO3.K/c8-7(9,10)14-4-1-2-5(6(12)13)11-3-4;/h1-3H,(H,12,13);/q;+1/p-1. The van der Waals surface area contributed by atoms with Gasteiger partial charge in [-0.2, -0.15) is 0 Å². The van der Waals surface area contributed by atoms with Crippen molar-refractivity contribution in [2.75, 3.05) is 0 Å². The van der Waals surface area contributed by atoms with E-state index < -0.39 is 23.8 Å². The Labute approximate surface area is 125 Å². The first kappa shape index (κ1) is 14.8. The van der Waals surface area contributed by atoms with Gasteiger partial charge in [-0.3, -0.25) is 4.98 Å². The van der Waals surface area contributed by atoms with Gasteiger partial charge >= 0.3 is 57.7 Å². The van der Waals surface area contributed by atoms with Crippen molar-refractivity contribution in [1.82, 2.24) is 4.98 Å².